The molecule has 0 atom stereocenters. The molecule has 0 saturated heterocycles. The van der Waals surface area contributed by atoms with Gasteiger partial charge in [-0.25, -0.2) is 4.98 Å². The normalized spacial score (nSPS) is 10.8. The Morgan fingerprint density at radius 1 is 1.62 bits per heavy atom. The molecule has 0 aliphatic rings. The Morgan fingerprint density at radius 2 is 2.31 bits per heavy atom. The number of hydrogen-bond acceptors (Lipinski definition) is 2. The van der Waals surface area contributed by atoms with Gasteiger partial charge in [-0.2, -0.15) is 0 Å². The Morgan fingerprint density at radius 3 is 2.85 bits per heavy atom. The highest BCUT2D eigenvalue weighted by molar-refractivity contribution is 14.1. The Bertz CT molecular complexity index is 333. The largest absolute Gasteiger partial charge is 0.310 e. The summed E-state index contributed by atoms with van der Waals surface area (Å²) in [4.78, 5) is 18.1. The number of nitrogens with zero attached hydrogens (tertiary/aromatic N) is 1. The minimum Gasteiger partial charge on any atom is -0.310 e. The number of halogens is 1. The average Bonchev–Trinajstić information content (AvgIpc) is 2.07. The zero-order valence-corrected chi connectivity index (χ0v) is 9.96. The minimum absolute atomic E-state index is 0.0330. The van der Waals surface area contributed by atoms with Gasteiger partial charge in [0.15, 0.2) is 0 Å². The van der Waals surface area contributed by atoms with E-state index >= 15 is 0 Å². The molecule has 0 radical (unpaired) electrons. The summed E-state index contributed by atoms with van der Waals surface area (Å²) < 4.78 is 0.644. The van der Waals surface area contributed by atoms with Crippen LogP contribution in [-0.4, -0.2) is 9.97 Å². The first-order chi connectivity index (χ1) is 6.09. The molecular formula is C9H13IN2O. The molecule has 3 nitrogen and oxygen atoms in total. The van der Waals surface area contributed by atoms with Gasteiger partial charge in [-0.15, -0.1) is 0 Å². The first-order valence-electron chi connectivity index (χ1n) is 4.33. The topological polar surface area (TPSA) is 45.8 Å². The Kier molecular flexibility index (Phi) is 3.90. The van der Waals surface area contributed by atoms with Gasteiger partial charge in [-0.1, -0.05) is 13.8 Å². The molecule has 13 heavy (non-hydrogen) atoms. The van der Waals surface area contributed by atoms with Crippen molar-refractivity contribution in [2.24, 2.45) is 5.92 Å². The summed E-state index contributed by atoms with van der Waals surface area (Å²) in [7, 11) is 0. The lowest BCUT2D eigenvalue weighted by Crippen LogP contribution is -2.14. The maximum atomic E-state index is 11.2. The molecule has 0 saturated carbocycles. The quantitative estimate of drug-likeness (QED) is 0.866. The predicted molar refractivity (Wildman–Crippen MR) is 60.7 cm³/mol. The van der Waals surface area contributed by atoms with Gasteiger partial charge in [0.05, 0.1) is 3.57 Å². The molecule has 1 aromatic heterocycles. The second kappa shape index (κ2) is 4.74. The Hall–Kier alpha value is -0.390. The fraction of sp³-hybridized carbons (Fsp3) is 0.556. The first-order valence-corrected chi connectivity index (χ1v) is 5.41. The number of nitrogens with one attached hydrogen (secondary N) is 1. The van der Waals surface area contributed by atoms with Gasteiger partial charge in [0, 0.05) is 12.6 Å². The fourth-order valence-electron chi connectivity index (χ4n) is 0.969. The summed E-state index contributed by atoms with van der Waals surface area (Å²) >= 11 is 1.98. The molecule has 1 heterocycles. The lowest BCUT2D eigenvalue weighted by atomic mass is 10.1. The first kappa shape index (κ1) is 10.7. The van der Waals surface area contributed by atoms with Crippen LogP contribution in [0.15, 0.2) is 11.0 Å². The molecule has 1 rings (SSSR count). The smallest absolute Gasteiger partial charge is 0.264 e. The number of aromatic nitrogens is 2. The molecule has 0 amide bonds. The maximum absolute atomic E-state index is 11.2. The molecule has 0 aromatic carbocycles. The molecule has 0 spiro atoms. The highest BCUT2D eigenvalue weighted by Gasteiger charge is 2.00. The van der Waals surface area contributed by atoms with E-state index in [0.29, 0.717) is 9.49 Å². The molecule has 1 aromatic rings. The van der Waals surface area contributed by atoms with E-state index in [1.165, 1.54) is 0 Å². The Balaban J connectivity index is 2.69. The highest BCUT2D eigenvalue weighted by Crippen LogP contribution is 2.04. The van der Waals surface area contributed by atoms with Gasteiger partial charge in [-0.05, 0) is 34.9 Å². The van der Waals surface area contributed by atoms with E-state index in [2.05, 4.69) is 23.8 Å². The summed E-state index contributed by atoms with van der Waals surface area (Å²) in [6.07, 6.45) is 3.53. The monoisotopic (exact) mass is 292 g/mol. The lowest BCUT2D eigenvalue weighted by Gasteiger charge is -2.03. The van der Waals surface area contributed by atoms with E-state index in [0.717, 1.165) is 18.7 Å². The third kappa shape index (κ3) is 3.46. The molecule has 0 unspecified atom stereocenters. The molecule has 4 heteroatoms. The summed E-state index contributed by atoms with van der Waals surface area (Å²) in [6.45, 7) is 4.32. The SMILES string of the molecule is CC(C)CCc1ncc(I)c(=O)[nH]1. The summed E-state index contributed by atoms with van der Waals surface area (Å²) in [5.74, 6) is 1.43. The van der Waals surface area contributed by atoms with Crippen LogP contribution in [0.25, 0.3) is 0 Å². The van der Waals surface area contributed by atoms with Crippen LogP contribution >= 0.6 is 22.6 Å². The third-order valence-electron chi connectivity index (χ3n) is 1.77. The number of aryl methyl sites for hydroxylation is 1. The molecule has 0 fully saturated rings. The van der Waals surface area contributed by atoms with Crippen molar-refractivity contribution in [3.05, 3.63) is 25.9 Å². The molecule has 1 N–H and O–H groups in total. The molecule has 0 aliphatic heterocycles. The molecule has 0 bridgehead atoms. The van der Waals surface area contributed by atoms with Crippen LogP contribution in [0, 0.1) is 9.49 Å². The van der Waals surface area contributed by atoms with E-state index in [9.17, 15) is 4.79 Å². The van der Waals surface area contributed by atoms with Crippen LogP contribution in [0.4, 0.5) is 0 Å². The second-order valence-corrected chi connectivity index (χ2v) is 4.60. The van der Waals surface area contributed by atoms with Gasteiger partial charge in [-0.3, -0.25) is 4.79 Å². The molecule has 72 valence electrons. The number of H-pyrrole nitrogens is 1. The van der Waals surface area contributed by atoms with Crippen molar-refractivity contribution in [3.8, 4) is 0 Å². The van der Waals surface area contributed by atoms with Crippen LogP contribution in [0.3, 0.4) is 0 Å². The van der Waals surface area contributed by atoms with E-state index < -0.39 is 0 Å². The van der Waals surface area contributed by atoms with Crippen molar-refractivity contribution in [1.29, 1.82) is 0 Å². The van der Waals surface area contributed by atoms with E-state index in [4.69, 9.17) is 0 Å². The zero-order valence-electron chi connectivity index (χ0n) is 7.80. The molecule has 0 aliphatic carbocycles. The molecular weight excluding hydrogens is 279 g/mol. The van der Waals surface area contributed by atoms with Crippen molar-refractivity contribution in [3.63, 3.8) is 0 Å². The van der Waals surface area contributed by atoms with Crippen LogP contribution in [0.1, 0.15) is 26.1 Å². The zero-order chi connectivity index (χ0) is 9.84. The summed E-state index contributed by atoms with van der Waals surface area (Å²) in [6, 6.07) is 0. The number of rotatable bonds is 3. The third-order valence-corrected chi connectivity index (χ3v) is 2.54. The highest BCUT2D eigenvalue weighted by atomic mass is 127. The summed E-state index contributed by atoms with van der Waals surface area (Å²) in [5, 5.41) is 0. The standard InChI is InChI=1S/C9H13IN2O/c1-6(2)3-4-8-11-5-7(10)9(13)12-8/h5-6H,3-4H2,1-2H3,(H,11,12,13). The fourth-order valence-corrected chi connectivity index (χ4v) is 1.24. The van der Waals surface area contributed by atoms with Gasteiger partial charge in [0.1, 0.15) is 5.82 Å². The van der Waals surface area contributed by atoms with Crippen molar-refractivity contribution in [2.45, 2.75) is 26.7 Å². The minimum atomic E-state index is -0.0330. The van der Waals surface area contributed by atoms with Crippen LogP contribution in [0.5, 0.6) is 0 Å². The van der Waals surface area contributed by atoms with Gasteiger partial charge in [0.25, 0.3) is 5.56 Å². The van der Waals surface area contributed by atoms with Crippen molar-refractivity contribution in [2.75, 3.05) is 0 Å². The van der Waals surface area contributed by atoms with E-state index in [1.54, 1.807) is 6.20 Å². The predicted octanol–water partition coefficient (Wildman–Crippen LogP) is 1.96. The second-order valence-electron chi connectivity index (χ2n) is 3.44. The van der Waals surface area contributed by atoms with Gasteiger partial charge in [0.2, 0.25) is 0 Å². The van der Waals surface area contributed by atoms with Gasteiger partial charge < -0.3 is 4.98 Å². The average molecular weight is 292 g/mol. The van der Waals surface area contributed by atoms with Crippen LogP contribution in [0.2, 0.25) is 0 Å². The van der Waals surface area contributed by atoms with E-state index in [-0.39, 0.29) is 5.56 Å². The van der Waals surface area contributed by atoms with Crippen LogP contribution < -0.4 is 5.56 Å². The van der Waals surface area contributed by atoms with Crippen molar-refractivity contribution in [1.82, 2.24) is 9.97 Å². The Labute approximate surface area is 91.1 Å². The maximum Gasteiger partial charge on any atom is 0.264 e. The lowest BCUT2D eigenvalue weighted by molar-refractivity contribution is 0.573. The number of hydrogen-bond donors (Lipinski definition) is 1. The van der Waals surface area contributed by atoms with Crippen LogP contribution in [-0.2, 0) is 6.42 Å². The van der Waals surface area contributed by atoms with Crippen molar-refractivity contribution >= 4 is 22.6 Å². The van der Waals surface area contributed by atoms with Crippen molar-refractivity contribution < 1.29 is 0 Å². The van der Waals surface area contributed by atoms with E-state index in [1.807, 2.05) is 22.6 Å². The number of aromatic amines is 1. The van der Waals surface area contributed by atoms with Gasteiger partial charge >= 0.3 is 0 Å². The summed E-state index contributed by atoms with van der Waals surface area (Å²) in [5.41, 5.74) is -0.0330.